The van der Waals surface area contributed by atoms with Crippen LogP contribution < -0.4 is 12.4 Å². The molecule has 2 heteroatoms. The van der Waals surface area contributed by atoms with Crippen molar-refractivity contribution in [2.45, 2.75) is 103 Å². The van der Waals surface area contributed by atoms with E-state index < -0.39 is 0 Å². The van der Waals surface area contributed by atoms with Crippen molar-refractivity contribution in [3.63, 3.8) is 0 Å². The summed E-state index contributed by atoms with van der Waals surface area (Å²) in [5.41, 5.74) is 1.54. The second-order valence-electron chi connectivity index (χ2n) is 8.75. The maximum absolute atomic E-state index is 2.46. The molecule has 0 amide bonds. The zero-order chi connectivity index (χ0) is 19.1. The summed E-state index contributed by atoms with van der Waals surface area (Å²) in [5, 5.41) is 0. The third kappa shape index (κ3) is 11.8. The van der Waals surface area contributed by atoms with E-state index in [9.17, 15) is 0 Å². The zero-order valence-electron chi connectivity index (χ0n) is 18.7. The van der Waals surface area contributed by atoms with Gasteiger partial charge in [0.1, 0.15) is 6.04 Å². The standard InChI is InChI=1S/C25H46N.ClH/c1-5-7-9-11-13-18-22-25(24-20-16-15-17-21-24)26(3,4)23-19-14-12-10-8-6-2;/h15-17,20-21,25H,5-14,18-19,22-23H2,1-4H3;1H/q+1;/p-1. The molecule has 0 aliphatic rings. The van der Waals surface area contributed by atoms with Gasteiger partial charge in [0.2, 0.25) is 0 Å². The van der Waals surface area contributed by atoms with Crippen LogP contribution in [0.15, 0.2) is 30.3 Å². The molecule has 0 aliphatic heterocycles. The molecule has 0 heterocycles. The third-order valence-corrected chi connectivity index (χ3v) is 5.95. The summed E-state index contributed by atoms with van der Waals surface area (Å²) < 4.78 is 1.15. The van der Waals surface area contributed by atoms with Gasteiger partial charge in [-0.15, -0.1) is 0 Å². The van der Waals surface area contributed by atoms with Gasteiger partial charge in [0, 0.05) is 12.0 Å². The quantitative estimate of drug-likeness (QED) is 0.275. The van der Waals surface area contributed by atoms with E-state index in [1.807, 2.05) is 0 Å². The second-order valence-corrected chi connectivity index (χ2v) is 8.75. The molecule has 1 aromatic carbocycles. The SMILES string of the molecule is CCCCCCCCC(c1ccccc1)[N+](C)(C)CCCCCCCC.[Cl-]. The van der Waals surface area contributed by atoms with Crippen LogP contribution in [0.25, 0.3) is 0 Å². The molecule has 1 atom stereocenters. The van der Waals surface area contributed by atoms with E-state index in [0.717, 1.165) is 4.48 Å². The topological polar surface area (TPSA) is 0 Å². The fourth-order valence-electron chi connectivity index (χ4n) is 4.17. The number of rotatable bonds is 16. The van der Waals surface area contributed by atoms with Crippen molar-refractivity contribution in [3.8, 4) is 0 Å². The largest absolute Gasteiger partial charge is 1.00 e. The normalized spacial score (nSPS) is 12.6. The van der Waals surface area contributed by atoms with Crippen molar-refractivity contribution < 1.29 is 16.9 Å². The number of unbranched alkanes of at least 4 members (excludes halogenated alkanes) is 10. The first-order valence-corrected chi connectivity index (χ1v) is 11.5. The predicted octanol–water partition coefficient (Wildman–Crippen LogP) is 4.92. The molecule has 0 N–H and O–H groups in total. The molecule has 1 aromatic rings. The minimum absolute atomic E-state index is 0. The lowest BCUT2D eigenvalue weighted by atomic mass is 9.96. The van der Waals surface area contributed by atoms with Crippen LogP contribution in [0.5, 0.6) is 0 Å². The minimum Gasteiger partial charge on any atom is -1.00 e. The molecule has 0 saturated carbocycles. The molecule has 0 bridgehead atoms. The maximum Gasteiger partial charge on any atom is 0.114 e. The Hall–Kier alpha value is -0.530. The van der Waals surface area contributed by atoms with E-state index in [2.05, 4.69) is 58.3 Å². The van der Waals surface area contributed by atoms with Crippen molar-refractivity contribution in [2.75, 3.05) is 20.6 Å². The van der Waals surface area contributed by atoms with E-state index in [4.69, 9.17) is 0 Å². The van der Waals surface area contributed by atoms with Gasteiger partial charge < -0.3 is 16.9 Å². The number of halogens is 1. The molecule has 27 heavy (non-hydrogen) atoms. The highest BCUT2D eigenvalue weighted by atomic mass is 35.5. The molecule has 0 aromatic heterocycles. The first-order valence-electron chi connectivity index (χ1n) is 11.5. The molecule has 1 rings (SSSR count). The van der Waals surface area contributed by atoms with E-state index in [1.165, 1.54) is 95.6 Å². The van der Waals surface area contributed by atoms with Crippen LogP contribution in [0, 0.1) is 0 Å². The molecule has 0 radical (unpaired) electrons. The van der Waals surface area contributed by atoms with Gasteiger partial charge >= 0.3 is 0 Å². The smallest absolute Gasteiger partial charge is 0.114 e. The Morgan fingerprint density at radius 3 is 1.70 bits per heavy atom. The lowest BCUT2D eigenvalue weighted by Crippen LogP contribution is -3.00. The number of quaternary nitrogens is 1. The molecule has 0 spiro atoms. The predicted molar refractivity (Wildman–Crippen MR) is 118 cm³/mol. The summed E-state index contributed by atoms with van der Waals surface area (Å²) in [7, 11) is 4.92. The molecule has 158 valence electrons. The average molecular weight is 396 g/mol. The highest BCUT2D eigenvalue weighted by molar-refractivity contribution is 5.17. The first kappa shape index (κ1) is 26.5. The van der Waals surface area contributed by atoms with Crippen LogP contribution in [0.1, 0.15) is 109 Å². The summed E-state index contributed by atoms with van der Waals surface area (Å²) in [6.45, 7) is 5.90. The molecule has 1 unspecified atom stereocenters. The summed E-state index contributed by atoms with van der Waals surface area (Å²) in [6.07, 6.45) is 18.1. The van der Waals surface area contributed by atoms with Gasteiger partial charge in [-0.25, -0.2) is 0 Å². The number of hydrogen-bond acceptors (Lipinski definition) is 0. The van der Waals surface area contributed by atoms with E-state index in [1.54, 1.807) is 0 Å². The van der Waals surface area contributed by atoms with Crippen LogP contribution in [-0.4, -0.2) is 25.1 Å². The van der Waals surface area contributed by atoms with Gasteiger partial charge in [-0.3, -0.25) is 0 Å². The van der Waals surface area contributed by atoms with Crippen molar-refractivity contribution in [1.29, 1.82) is 0 Å². The van der Waals surface area contributed by atoms with Crippen LogP contribution in [0.3, 0.4) is 0 Å². The lowest BCUT2D eigenvalue weighted by molar-refractivity contribution is -0.921. The number of hydrogen-bond donors (Lipinski definition) is 0. The molecular formula is C25H46ClN. The monoisotopic (exact) mass is 395 g/mol. The summed E-state index contributed by atoms with van der Waals surface area (Å²) in [4.78, 5) is 0. The molecule has 0 saturated heterocycles. The summed E-state index contributed by atoms with van der Waals surface area (Å²) in [6, 6.07) is 11.9. The Kier molecular flexibility index (Phi) is 16.1. The Morgan fingerprint density at radius 1 is 0.667 bits per heavy atom. The van der Waals surface area contributed by atoms with Crippen LogP contribution in [0.2, 0.25) is 0 Å². The van der Waals surface area contributed by atoms with Gasteiger partial charge in [0.25, 0.3) is 0 Å². The van der Waals surface area contributed by atoms with Gasteiger partial charge in [-0.05, 0) is 19.3 Å². The Labute approximate surface area is 176 Å². The Balaban J connectivity index is 0.00000676. The van der Waals surface area contributed by atoms with Crippen molar-refractivity contribution in [1.82, 2.24) is 0 Å². The Bertz CT molecular complexity index is 429. The van der Waals surface area contributed by atoms with Crippen LogP contribution >= 0.6 is 0 Å². The number of benzene rings is 1. The van der Waals surface area contributed by atoms with E-state index >= 15 is 0 Å². The van der Waals surface area contributed by atoms with Gasteiger partial charge in [-0.2, -0.15) is 0 Å². The molecule has 1 nitrogen and oxygen atoms in total. The van der Waals surface area contributed by atoms with Crippen molar-refractivity contribution >= 4 is 0 Å². The molecule has 0 fully saturated rings. The average Bonchev–Trinajstić information content (AvgIpc) is 2.64. The zero-order valence-corrected chi connectivity index (χ0v) is 19.4. The second kappa shape index (κ2) is 16.4. The third-order valence-electron chi connectivity index (χ3n) is 5.95. The molecular weight excluding hydrogens is 350 g/mol. The first-order chi connectivity index (χ1) is 12.6. The summed E-state index contributed by atoms with van der Waals surface area (Å²) >= 11 is 0. The fraction of sp³-hybridized carbons (Fsp3) is 0.760. The van der Waals surface area contributed by atoms with E-state index in [0.29, 0.717) is 6.04 Å². The van der Waals surface area contributed by atoms with Crippen molar-refractivity contribution in [2.24, 2.45) is 0 Å². The lowest BCUT2D eigenvalue weighted by Gasteiger charge is -2.39. The van der Waals surface area contributed by atoms with Gasteiger partial charge in [0.15, 0.2) is 0 Å². The fourth-order valence-corrected chi connectivity index (χ4v) is 4.17. The highest BCUT2D eigenvalue weighted by Gasteiger charge is 2.28. The van der Waals surface area contributed by atoms with E-state index in [-0.39, 0.29) is 12.4 Å². The van der Waals surface area contributed by atoms with Crippen LogP contribution in [-0.2, 0) is 0 Å². The van der Waals surface area contributed by atoms with Crippen molar-refractivity contribution in [3.05, 3.63) is 35.9 Å². The highest BCUT2D eigenvalue weighted by Crippen LogP contribution is 2.31. The van der Waals surface area contributed by atoms with Gasteiger partial charge in [-0.1, -0.05) is 102 Å². The maximum atomic E-state index is 2.46. The minimum atomic E-state index is 0. The Morgan fingerprint density at radius 2 is 1.15 bits per heavy atom. The van der Waals surface area contributed by atoms with Gasteiger partial charge in [0.05, 0.1) is 20.6 Å². The van der Waals surface area contributed by atoms with Crippen LogP contribution in [0.4, 0.5) is 0 Å². The molecule has 0 aliphatic carbocycles. The summed E-state index contributed by atoms with van der Waals surface area (Å²) in [5.74, 6) is 0. The number of nitrogens with zero attached hydrogens (tertiary/aromatic N) is 1.